The lowest BCUT2D eigenvalue weighted by Gasteiger charge is -2.57. The largest absolute Gasteiger partial charge is 0.226 e. The third-order valence-corrected chi connectivity index (χ3v) is 25.5. The first-order valence-electron chi connectivity index (χ1n) is 9.17. The lowest BCUT2D eigenvalue weighted by atomic mass is 9.98. The van der Waals surface area contributed by atoms with Crippen molar-refractivity contribution in [2.45, 2.75) is 55.8 Å². The summed E-state index contributed by atoms with van der Waals surface area (Å²) < 4.78 is -43.3. The van der Waals surface area contributed by atoms with Gasteiger partial charge in [-0.3, -0.25) is 0 Å². The maximum atomic E-state index is 6.47. The first-order valence-corrected chi connectivity index (χ1v) is 20.5. The summed E-state index contributed by atoms with van der Waals surface area (Å²) in [6.07, 6.45) is 0. The Morgan fingerprint density at radius 1 is 0.222 bits per heavy atom. The molecule has 30 heteroatoms. The first kappa shape index (κ1) is 53.4. The molecule has 0 aromatic rings. The van der Waals surface area contributed by atoms with E-state index in [2.05, 4.69) is 0 Å². The van der Waals surface area contributed by atoms with Gasteiger partial charge in [-0.15, -0.1) is 0 Å². The van der Waals surface area contributed by atoms with Crippen LogP contribution in [-0.4, -0.2) is 55.8 Å². The van der Waals surface area contributed by atoms with Crippen LogP contribution in [0.3, 0.4) is 0 Å². The second-order valence-corrected chi connectivity index (χ2v) is 27.5. The maximum Gasteiger partial charge on any atom is 0.226 e. The second kappa shape index (κ2) is 16.2. The van der Waals surface area contributed by atoms with Gasteiger partial charge < -0.3 is 0 Å². The van der Waals surface area contributed by atoms with E-state index >= 15 is 0 Å². The number of hydrogen-bond donors (Lipinski definition) is 0. The normalized spacial score (nSPS) is 16.7. The van der Waals surface area contributed by atoms with Crippen LogP contribution in [0.15, 0.2) is 9.52 Å². The van der Waals surface area contributed by atoms with Gasteiger partial charge >= 0.3 is 0 Å². The third kappa shape index (κ3) is 8.35. The van der Waals surface area contributed by atoms with Crippen molar-refractivity contribution in [3.05, 3.63) is 9.52 Å². The molecule has 0 amide bonds. The van der Waals surface area contributed by atoms with Crippen molar-refractivity contribution in [1.29, 1.82) is 0 Å². The molecular formula is C15Cl30. The van der Waals surface area contributed by atoms with Crippen LogP contribution in [0.2, 0.25) is 0 Å². The Morgan fingerprint density at radius 2 is 0.378 bits per heavy atom. The molecule has 0 bridgehead atoms. The Labute approximate surface area is 406 Å². The zero-order valence-corrected chi connectivity index (χ0v) is 41.5. The lowest BCUT2D eigenvalue weighted by Crippen LogP contribution is -2.74. The highest BCUT2D eigenvalue weighted by Crippen LogP contribution is 2.77. The molecule has 0 saturated carbocycles. The van der Waals surface area contributed by atoms with Crippen LogP contribution in [0, 0.1) is 0 Å². The zero-order valence-electron chi connectivity index (χ0n) is 18.8. The van der Waals surface area contributed by atoms with Crippen LogP contribution in [0.1, 0.15) is 0 Å². The van der Waals surface area contributed by atoms with E-state index in [0.717, 1.165) is 0 Å². The van der Waals surface area contributed by atoms with Gasteiger partial charge in [0.15, 0.2) is 47.7 Å². The first-order chi connectivity index (χ1) is 18.9. The fourth-order valence-electron chi connectivity index (χ4n) is 2.41. The summed E-state index contributed by atoms with van der Waals surface area (Å²) in [5.41, 5.74) is 0. The van der Waals surface area contributed by atoms with Crippen LogP contribution in [0.4, 0.5) is 0 Å². The number of hydrogen-bond acceptors (Lipinski definition) is 0. The molecule has 0 rings (SSSR count). The summed E-state index contributed by atoms with van der Waals surface area (Å²) in [5.74, 6) is 0. The topological polar surface area (TPSA) is 0 Å². The molecule has 0 fully saturated rings. The van der Waals surface area contributed by atoms with Gasteiger partial charge in [-0.1, -0.05) is 348 Å². The molecule has 270 valence electrons. The summed E-state index contributed by atoms with van der Waals surface area (Å²) in [7, 11) is 0. The van der Waals surface area contributed by atoms with Gasteiger partial charge in [0, 0.05) is 0 Å². The van der Waals surface area contributed by atoms with Crippen molar-refractivity contribution in [3.63, 3.8) is 0 Å². The number of halogens is 30. The number of rotatable bonds is 12. The predicted octanol–water partition coefficient (Wildman–Crippen LogP) is 18.3. The van der Waals surface area contributed by atoms with Gasteiger partial charge in [-0.25, -0.2) is 0 Å². The Morgan fingerprint density at radius 3 is 0.533 bits per heavy atom. The number of alkyl halides is 27. The van der Waals surface area contributed by atoms with Crippen molar-refractivity contribution in [1.82, 2.24) is 0 Å². The third-order valence-electron chi connectivity index (χ3n) is 5.14. The predicted molar refractivity (Wildman–Crippen MR) is 218 cm³/mol. The van der Waals surface area contributed by atoms with Crippen molar-refractivity contribution >= 4 is 348 Å². The Bertz CT molecular complexity index is 1120. The SMILES string of the molecule is ClC(Cl)=C(Cl)C(Cl)(Cl)C(Cl)(Cl)C(Cl)(Cl)C(Cl)(Cl)C(Cl)(Cl)C(Cl)(Cl)C(Cl)(Cl)C(Cl)(Cl)C(Cl)(Cl)C(Cl)(Cl)C(Cl)(Cl)C(Cl)(Cl)C(Cl)(Cl)Cl. The van der Waals surface area contributed by atoms with Crippen molar-refractivity contribution < 1.29 is 0 Å². The number of allylic oxidation sites excluding steroid dienone is 1. The zero-order chi connectivity index (χ0) is 37.7. The molecule has 0 atom stereocenters. The Kier molecular flexibility index (Phi) is 19.3. The quantitative estimate of drug-likeness (QED) is 0.171. The van der Waals surface area contributed by atoms with Gasteiger partial charge in [0.05, 0.1) is 5.03 Å². The van der Waals surface area contributed by atoms with E-state index < -0.39 is 65.3 Å². The smallest absolute Gasteiger partial charge is 0.0946 e. The van der Waals surface area contributed by atoms with E-state index in [1.54, 1.807) is 0 Å². The molecule has 0 heterocycles. The summed E-state index contributed by atoms with van der Waals surface area (Å²) in [6, 6.07) is 0. The van der Waals surface area contributed by atoms with E-state index in [0.29, 0.717) is 0 Å². The van der Waals surface area contributed by atoms with Crippen LogP contribution in [0.25, 0.3) is 0 Å². The van der Waals surface area contributed by atoms with Crippen LogP contribution >= 0.6 is 348 Å². The summed E-state index contributed by atoms with van der Waals surface area (Å²) in [6.45, 7) is 0. The minimum atomic E-state index is -3.50. The average Bonchev–Trinajstić information content (AvgIpc) is 2.81. The van der Waals surface area contributed by atoms with E-state index in [9.17, 15) is 0 Å². The van der Waals surface area contributed by atoms with Crippen molar-refractivity contribution in [2.24, 2.45) is 0 Å². The molecule has 0 aromatic heterocycles. The Hall–Kier alpha value is 8.44. The molecular weight excluding hydrogens is 1240 g/mol. The monoisotopic (exact) mass is 1230 g/mol. The van der Waals surface area contributed by atoms with Crippen molar-refractivity contribution in [2.75, 3.05) is 0 Å². The highest BCUT2D eigenvalue weighted by atomic mass is 35.6. The van der Waals surface area contributed by atoms with Crippen molar-refractivity contribution in [3.8, 4) is 0 Å². The highest BCUT2D eigenvalue weighted by Gasteiger charge is 2.86. The molecule has 0 aromatic carbocycles. The van der Waals surface area contributed by atoms with Crippen LogP contribution in [-0.2, 0) is 0 Å². The van der Waals surface area contributed by atoms with E-state index in [4.69, 9.17) is 348 Å². The van der Waals surface area contributed by atoms with E-state index in [1.807, 2.05) is 0 Å². The van der Waals surface area contributed by atoms with Gasteiger partial charge in [0.25, 0.3) is 0 Å². The van der Waals surface area contributed by atoms with Crippen LogP contribution < -0.4 is 0 Å². The van der Waals surface area contributed by atoms with E-state index in [1.165, 1.54) is 0 Å². The van der Waals surface area contributed by atoms with E-state index in [-0.39, 0.29) is 0 Å². The molecule has 0 aliphatic rings. The molecule has 0 spiro atoms. The van der Waals surface area contributed by atoms with Crippen LogP contribution in [0.5, 0.6) is 0 Å². The standard InChI is InChI=1S/C15Cl30/c16-1(2(17)18)3(19,20)4(21,22)5(23,24)6(25,26)7(27,28)8(29,30)9(31,32)10(33,34)11(35,36)12(37,38)13(39,40)14(41,42)15(43,44)45. The molecule has 0 radical (unpaired) electrons. The lowest BCUT2D eigenvalue weighted by molar-refractivity contribution is 0.410. The fourth-order valence-corrected chi connectivity index (χ4v) is 12.1. The van der Waals surface area contributed by atoms with Gasteiger partial charge in [-0.05, 0) is 0 Å². The summed E-state index contributed by atoms with van der Waals surface area (Å²) >= 11 is 187. The molecule has 0 N–H and O–H groups in total. The summed E-state index contributed by atoms with van der Waals surface area (Å²) in [4.78, 5) is 0. The summed E-state index contributed by atoms with van der Waals surface area (Å²) in [5, 5.41) is -0.874. The van der Waals surface area contributed by atoms with Gasteiger partial charge in [0.1, 0.15) is 4.49 Å². The highest BCUT2D eigenvalue weighted by molar-refractivity contribution is 6.85. The minimum Gasteiger partial charge on any atom is -0.0946 e. The van der Waals surface area contributed by atoms with Gasteiger partial charge in [-0.2, -0.15) is 0 Å². The maximum absolute atomic E-state index is 6.47. The average molecular weight is 1240 g/mol. The van der Waals surface area contributed by atoms with Gasteiger partial charge in [0.2, 0.25) is 8.13 Å². The minimum absolute atomic E-state index is 0.790. The molecule has 45 heavy (non-hydrogen) atoms. The second-order valence-electron chi connectivity index (χ2n) is 7.96. The molecule has 0 aliphatic heterocycles. The molecule has 0 unspecified atom stereocenters. The molecule has 0 aliphatic carbocycles. The molecule has 0 nitrogen and oxygen atoms in total. The fraction of sp³-hybridized carbons (Fsp3) is 0.867. The Balaban J connectivity index is 7.55. The molecule has 0 saturated heterocycles.